The molecule has 0 bridgehead atoms. The number of amides is 1. The van der Waals surface area contributed by atoms with Crippen LogP contribution < -0.4 is 5.32 Å². The standard InChI is InChI=1S/C29H41N3O3/c1-20(2)32(25-13-15-34-16-14-25)19-21-7-6-10-24(17-21)28(23-8-4-3-5-9-23)30-29(33)26-18-27(35-31-26)22-11-12-22/h6-7,10,17-18,20,22-23,25,28H,3-5,8-9,11-16,19H2,1-2H3,(H,30,33). The maximum absolute atomic E-state index is 13.2. The van der Waals surface area contributed by atoms with E-state index in [-0.39, 0.29) is 11.9 Å². The maximum Gasteiger partial charge on any atom is 0.273 e. The first kappa shape index (κ1) is 24.5. The van der Waals surface area contributed by atoms with Crippen LogP contribution in [0.1, 0.15) is 111 Å². The highest BCUT2D eigenvalue weighted by atomic mass is 16.5. The van der Waals surface area contributed by atoms with Gasteiger partial charge >= 0.3 is 0 Å². The molecule has 6 heteroatoms. The molecule has 1 aromatic heterocycles. The highest BCUT2D eigenvalue weighted by molar-refractivity contribution is 5.92. The Hall–Kier alpha value is -2.18. The number of nitrogens with one attached hydrogen (secondary N) is 1. The molecule has 3 aliphatic rings. The van der Waals surface area contributed by atoms with E-state index in [1.165, 1.54) is 30.4 Å². The van der Waals surface area contributed by atoms with Crippen LogP contribution in [0.4, 0.5) is 0 Å². The number of nitrogens with zero attached hydrogens (tertiary/aromatic N) is 2. The summed E-state index contributed by atoms with van der Waals surface area (Å²) in [5, 5.41) is 7.46. The molecule has 0 radical (unpaired) electrons. The third-order valence-electron chi connectivity index (χ3n) is 8.15. The van der Waals surface area contributed by atoms with Gasteiger partial charge in [0.15, 0.2) is 5.69 Å². The van der Waals surface area contributed by atoms with Gasteiger partial charge in [-0.3, -0.25) is 9.69 Å². The third kappa shape index (κ3) is 6.15. The summed E-state index contributed by atoms with van der Waals surface area (Å²) >= 11 is 0. The lowest BCUT2D eigenvalue weighted by molar-refractivity contribution is 0.0188. The molecule has 5 rings (SSSR count). The van der Waals surface area contributed by atoms with Crippen LogP contribution in [0.3, 0.4) is 0 Å². The Morgan fingerprint density at radius 3 is 2.54 bits per heavy atom. The van der Waals surface area contributed by atoms with Crippen LogP contribution >= 0.6 is 0 Å². The Labute approximate surface area is 209 Å². The Balaban J connectivity index is 1.34. The lowest BCUT2D eigenvalue weighted by atomic mass is 9.80. The molecular weight excluding hydrogens is 438 g/mol. The van der Waals surface area contributed by atoms with E-state index < -0.39 is 0 Å². The fraction of sp³-hybridized carbons (Fsp3) is 0.655. The predicted octanol–water partition coefficient (Wildman–Crippen LogP) is 5.99. The number of carbonyl (C=O) groups excluding carboxylic acids is 1. The maximum atomic E-state index is 13.2. The van der Waals surface area contributed by atoms with E-state index in [0.717, 1.165) is 64.0 Å². The second kappa shape index (κ2) is 11.3. The minimum absolute atomic E-state index is 0.000550. The highest BCUT2D eigenvalue weighted by Gasteiger charge is 2.31. The zero-order valence-corrected chi connectivity index (χ0v) is 21.4. The van der Waals surface area contributed by atoms with E-state index in [0.29, 0.717) is 29.6 Å². The molecule has 1 aromatic carbocycles. The highest BCUT2D eigenvalue weighted by Crippen LogP contribution is 2.40. The van der Waals surface area contributed by atoms with E-state index >= 15 is 0 Å². The fourth-order valence-electron chi connectivity index (χ4n) is 5.96. The summed E-state index contributed by atoms with van der Waals surface area (Å²) in [6, 6.07) is 11.8. The number of hydrogen-bond acceptors (Lipinski definition) is 5. The number of ether oxygens (including phenoxy) is 1. The van der Waals surface area contributed by atoms with Gasteiger partial charge in [0, 0.05) is 43.8 Å². The summed E-state index contributed by atoms with van der Waals surface area (Å²) in [6.07, 6.45) is 10.5. The minimum Gasteiger partial charge on any atom is -0.381 e. The molecule has 0 spiro atoms. The Kier molecular flexibility index (Phi) is 7.88. The van der Waals surface area contributed by atoms with Gasteiger partial charge in [-0.15, -0.1) is 0 Å². The van der Waals surface area contributed by atoms with E-state index in [1.54, 1.807) is 0 Å². The lowest BCUT2D eigenvalue weighted by Gasteiger charge is -2.37. The van der Waals surface area contributed by atoms with Gasteiger partial charge in [-0.05, 0) is 69.4 Å². The monoisotopic (exact) mass is 479 g/mol. The number of benzene rings is 1. The van der Waals surface area contributed by atoms with Gasteiger partial charge in [0.1, 0.15) is 5.76 Å². The Morgan fingerprint density at radius 1 is 1.06 bits per heavy atom. The third-order valence-corrected chi connectivity index (χ3v) is 8.15. The van der Waals surface area contributed by atoms with Gasteiger partial charge in [0.05, 0.1) is 6.04 Å². The largest absolute Gasteiger partial charge is 0.381 e. The van der Waals surface area contributed by atoms with Crippen molar-refractivity contribution in [2.24, 2.45) is 5.92 Å². The SMILES string of the molecule is CC(C)N(Cc1cccc(C(NC(=O)c2cc(C3CC3)on2)C2CCCCC2)c1)C1CCOCC1. The van der Waals surface area contributed by atoms with Crippen molar-refractivity contribution in [3.63, 3.8) is 0 Å². The first-order chi connectivity index (χ1) is 17.1. The summed E-state index contributed by atoms with van der Waals surface area (Å²) in [5.74, 6) is 1.64. The van der Waals surface area contributed by atoms with Gasteiger partial charge in [-0.1, -0.05) is 48.7 Å². The quantitative estimate of drug-likeness (QED) is 0.478. The van der Waals surface area contributed by atoms with Crippen LogP contribution in [-0.4, -0.2) is 41.3 Å². The van der Waals surface area contributed by atoms with Crippen molar-refractivity contribution in [3.8, 4) is 0 Å². The van der Waals surface area contributed by atoms with Crippen molar-refractivity contribution in [2.45, 2.75) is 102 Å². The number of hydrogen-bond donors (Lipinski definition) is 1. The van der Waals surface area contributed by atoms with Gasteiger partial charge in [-0.25, -0.2) is 0 Å². The molecule has 1 amide bonds. The predicted molar refractivity (Wildman–Crippen MR) is 136 cm³/mol. The number of carbonyl (C=O) groups is 1. The first-order valence-corrected chi connectivity index (χ1v) is 13.8. The molecule has 2 heterocycles. The molecule has 6 nitrogen and oxygen atoms in total. The van der Waals surface area contributed by atoms with Crippen molar-refractivity contribution < 1.29 is 14.1 Å². The summed E-state index contributed by atoms with van der Waals surface area (Å²) in [7, 11) is 0. The molecule has 2 aliphatic carbocycles. The summed E-state index contributed by atoms with van der Waals surface area (Å²) in [5.41, 5.74) is 2.94. The summed E-state index contributed by atoms with van der Waals surface area (Å²) in [6.45, 7) is 7.22. The van der Waals surface area contributed by atoms with Crippen LogP contribution in [0.15, 0.2) is 34.9 Å². The number of rotatable bonds is 9. The van der Waals surface area contributed by atoms with Crippen molar-refractivity contribution >= 4 is 5.91 Å². The molecule has 2 saturated carbocycles. The van der Waals surface area contributed by atoms with Crippen LogP contribution in [0, 0.1) is 5.92 Å². The summed E-state index contributed by atoms with van der Waals surface area (Å²) < 4.78 is 11.1. The minimum atomic E-state index is -0.118. The topological polar surface area (TPSA) is 67.6 Å². The van der Waals surface area contributed by atoms with Gasteiger partial charge in [0.25, 0.3) is 5.91 Å². The van der Waals surface area contributed by atoms with Gasteiger partial charge < -0.3 is 14.6 Å². The van der Waals surface area contributed by atoms with E-state index in [9.17, 15) is 4.79 Å². The fourth-order valence-corrected chi connectivity index (χ4v) is 5.96. The average molecular weight is 480 g/mol. The molecule has 2 aromatic rings. The molecule has 35 heavy (non-hydrogen) atoms. The van der Waals surface area contributed by atoms with Crippen LogP contribution in [0.25, 0.3) is 0 Å². The Bertz CT molecular complexity index is 971. The Morgan fingerprint density at radius 2 is 1.83 bits per heavy atom. The molecule has 1 N–H and O–H groups in total. The van der Waals surface area contributed by atoms with Crippen LogP contribution in [-0.2, 0) is 11.3 Å². The van der Waals surface area contributed by atoms with Crippen molar-refractivity contribution in [3.05, 3.63) is 52.9 Å². The molecular formula is C29H41N3O3. The zero-order chi connectivity index (χ0) is 24.2. The van der Waals surface area contributed by atoms with Crippen LogP contribution in [0.5, 0.6) is 0 Å². The summed E-state index contributed by atoms with van der Waals surface area (Å²) in [4.78, 5) is 15.8. The van der Waals surface area contributed by atoms with Gasteiger partial charge in [-0.2, -0.15) is 0 Å². The molecule has 190 valence electrons. The van der Waals surface area contributed by atoms with Crippen LogP contribution in [0.2, 0.25) is 0 Å². The second-order valence-electron chi connectivity index (χ2n) is 11.1. The lowest BCUT2D eigenvalue weighted by Crippen LogP contribution is -2.43. The van der Waals surface area contributed by atoms with Gasteiger partial charge in [0.2, 0.25) is 0 Å². The van der Waals surface area contributed by atoms with E-state index in [2.05, 4.69) is 53.5 Å². The molecule has 1 unspecified atom stereocenters. The first-order valence-electron chi connectivity index (χ1n) is 13.8. The second-order valence-corrected chi connectivity index (χ2v) is 11.1. The number of aromatic nitrogens is 1. The van der Waals surface area contributed by atoms with E-state index in [1.807, 2.05) is 6.07 Å². The van der Waals surface area contributed by atoms with E-state index in [4.69, 9.17) is 9.26 Å². The smallest absolute Gasteiger partial charge is 0.273 e. The molecule has 1 aliphatic heterocycles. The van der Waals surface area contributed by atoms with Crippen molar-refractivity contribution in [1.29, 1.82) is 0 Å². The van der Waals surface area contributed by atoms with Crippen molar-refractivity contribution in [1.82, 2.24) is 15.4 Å². The molecule has 1 atom stereocenters. The normalized spacial score (nSPS) is 20.9. The van der Waals surface area contributed by atoms with Crippen molar-refractivity contribution in [2.75, 3.05) is 13.2 Å². The zero-order valence-electron chi connectivity index (χ0n) is 21.4. The molecule has 3 fully saturated rings. The average Bonchev–Trinajstić information content (AvgIpc) is 3.62. The molecule has 1 saturated heterocycles.